The molecule has 2 aromatic rings. The van der Waals surface area contributed by atoms with Gasteiger partial charge in [-0.2, -0.15) is 0 Å². The topological polar surface area (TPSA) is 63.2 Å². The molecule has 1 fully saturated rings. The van der Waals surface area contributed by atoms with Gasteiger partial charge in [-0.1, -0.05) is 12.1 Å². The number of benzene rings is 1. The van der Waals surface area contributed by atoms with E-state index in [1.807, 2.05) is 5.38 Å². The number of aromatic nitrogens is 1. The number of ether oxygens (including phenoxy) is 1. The number of carbonyl (C=O) groups excluding carboxylic acids is 1. The van der Waals surface area contributed by atoms with E-state index in [9.17, 15) is 4.79 Å². The maximum atomic E-state index is 12.9. The van der Waals surface area contributed by atoms with Gasteiger partial charge in [0.15, 0.2) is 5.13 Å². The van der Waals surface area contributed by atoms with E-state index in [0.29, 0.717) is 11.7 Å². The van der Waals surface area contributed by atoms with Crippen LogP contribution >= 0.6 is 23.1 Å². The summed E-state index contributed by atoms with van der Waals surface area (Å²) in [5.41, 5.74) is 1.48. The van der Waals surface area contributed by atoms with Crippen molar-refractivity contribution in [2.75, 3.05) is 38.4 Å². The Hall–Kier alpha value is -1.41. The highest BCUT2D eigenvalue weighted by atomic mass is 32.2. The van der Waals surface area contributed by atoms with Gasteiger partial charge in [0.05, 0.1) is 17.7 Å². The molecule has 0 spiro atoms. The largest absolute Gasteiger partial charge is 0.384 e. The molecular formula is C18H23N3O2S2. The van der Waals surface area contributed by atoms with Crippen molar-refractivity contribution in [3.8, 4) is 11.3 Å². The molecule has 1 aromatic carbocycles. The molecule has 25 heavy (non-hydrogen) atoms. The molecule has 1 aromatic heterocycles. The van der Waals surface area contributed by atoms with Gasteiger partial charge in [0.2, 0.25) is 5.91 Å². The minimum Gasteiger partial charge on any atom is -0.384 e. The summed E-state index contributed by atoms with van der Waals surface area (Å²) in [6.45, 7) is 2.11. The van der Waals surface area contributed by atoms with Gasteiger partial charge in [0, 0.05) is 22.9 Å². The van der Waals surface area contributed by atoms with E-state index in [-0.39, 0.29) is 5.91 Å². The Bertz CT molecular complexity index is 704. The van der Waals surface area contributed by atoms with E-state index < -0.39 is 5.41 Å². The van der Waals surface area contributed by atoms with Crippen molar-refractivity contribution in [3.63, 3.8) is 0 Å². The molecule has 0 aliphatic carbocycles. The molecule has 1 amide bonds. The molecule has 2 N–H and O–H groups in total. The van der Waals surface area contributed by atoms with Crippen molar-refractivity contribution >= 4 is 34.1 Å². The molecule has 5 nitrogen and oxygen atoms in total. The van der Waals surface area contributed by atoms with Gasteiger partial charge in [0.1, 0.15) is 0 Å². The van der Waals surface area contributed by atoms with Crippen molar-refractivity contribution in [1.29, 1.82) is 0 Å². The third-order valence-electron chi connectivity index (χ3n) is 4.57. The monoisotopic (exact) mass is 377 g/mol. The average molecular weight is 378 g/mol. The van der Waals surface area contributed by atoms with Crippen molar-refractivity contribution < 1.29 is 9.53 Å². The Morgan fingerprint density at radius 1 is 1.36 bits per heavy atom. The Morgan fingerprint density at radius 2 is 2.08 bits per heavy atom. The molecule has 0 bridgehead atoms. The number of hydrogen-bond acceptors (Lipinski definition) is 6. The fraction of sp³-hybridized carbons (Fsp3) is 0.444. The van der Waals surface area contributed by atoms with Gasteiger partial charge in [0.25, 0.3) is 0 Å². The van der Waals surface area contributed by atoms with Crippen LogP contribution in [0.4, 0.5) is 5.13 Å². The SMILES string of the molecule is COCC1(C(=O)Nc2nc(-c3ccc(SC)cc3)cs2)CCNCC1. The molecule has 134 valence electrons. The van der Waals surface area contributed by atoms with E-state index in [4.69, 9.17) is 4.74 Å². The minimum atomic E-state index is -0.466. The van der Waals surface area contributed by atoms with Crippen LogP contribution in [-0.2, 0) is 9.53 Å². The number of carbonyl (C=O) groups is 1. The summed E-state index contributed by atoms with van der Waals surface area (Å²) in [4.78, 5) is 18.7. The van der Waals surface area contributed by atoms with E-state index in [2.05, 4.69) is 46.1 Å². The second-order valence-corrected chi connectivity index (χ2v) is 7.92. The van der Waals surface area contributed by atoms with Crippen LogP contribution in [-0.4, -0.2) is 44.0 Å². The molecular weight excluding hydrogens is 354 g/mol. The molecule has 1 saturated heterocycles. The minimum absolute atomic E-state index is 0.00878. The molecule has 1 aliphatic rings. The molecule has 2 heterocycles. The summed E-state index contributed by atoms with van der Waals surface area (Å²) in [7, 11) is 1.65. The summed E-state index contributed by atoms with van der Waals surface area (Å²) in [6, 6.07) is 8.29. The van der Waals surface area contributed by atoms with Crippen LogP contribution in [0.25, 0.3) is 11.3 Å². The summed E-state index contributed by atoms with van der Waals surface area (Å²) in [5.74, 6) is 0.00878. The number of nitrogens with zero attached hydrogens (tertiary/aromatic N) is 1. The number of rotatable bonds is 6. The molecule has 1 aliphatic heterocycles. The van der Waals surface area contributed by atoms with E-state index in [1.54, 1.807) is 18.9 Å². The molecule has 0 atom stereocenters. The highest BCUT2D eigenvalue weighted by molar-refractivity contribution is 7.98. The summed E-state index contributed by atoms with van der Waals surface area (Å²) >= 11 is 3.17. The van der Waals surface area contributed by atoms with Crippen molar-refractivity contribution in [3.05, 3.63) is 29.6 Å². The normalized spacial score (nSPS) is 16.6. The number of methoxy groups -OCH3 is 1. The highest BCUT2D eigenvalue weighted by Crippen LogP contribution is 2.32. The van der Waals surface area contributed by atoms with Crippen LogP contribution in [0.2, 0.25) is 0 Å². The van der Waals surface area contributed by atoms with E-state index in [1.165, 1.54) is 16.2 Å². The summed E-state index contributed by atoms with van der Waals surface area (Å²) in [5, 5.41) is 8.93. The molecule has 0 saturated carbocycles. The zero-order chi connectivity index (χ0) is 17.7. The van der Waals surface area contributed by atoms with E-state index in [0.717, 1.165) is 37.2 Å². The third kappa shape index (κ3) is 4.23. The average Bonchev–Trinajstić information content (AvgIpc) is 3.11. The van der Waals surface area contributed by atoms with Gasteiger partial charge < -0.3 is 15.4 Å². The predicted octanol–water partition coefficient (Wildman–Crippen LogP) is 3.49. The first-order valence-corrected chi connectivity index (χ1v) is 10.4. The Balaban J connectivity index is 1.72. The zero-order valence-corrected chi connectivity index (χ0v) is 16.1. The first kappa shape index (κ1) is 18.4. The summed E-state index contributed by atoms with van der Waals surface area (Å²) < 4.78 is 5.33. The molecule has 0 radical (unpaired) electrons. The second-order valence-electron chi connectivity index (χ2n) is 6.18. The van der Waals surface area contributed by atoms with Gasteiger partial charge in [-0.25, -0.2) is 4.98 Å². The van der Waals surface area contributed by atoms with Crippen molar-refractivity contribution in [2.24, 2.45) is 5.41 Å². The maximum Gasteiger partial charge on any atom is 0.234 e. The van der Waals surface area contributed by atoms with Gasteiger partial charge >= 0.3 is 0 Å². The van der Waals surface area contributed by atoms with Crippen molar-refractivity contribution in [2.45, 2.75) is 17.7 Å². The molecule has 0 unspecified atom stereocenters. The smallest absolute Gasteiger partial charge is 0.234 e. The standard InChI is InChI=1S/C18H23N3O2S2/c1-23-12-18(7-9-19-10-8-18)16(22)21-17-20-15(11-25-17)13-3-5-14(24-2)6-4-13/h3-6,11,19H,7-10,12H2,1-2H3,(H,20,21,22). The van der Waals surface area contributed by atoms with Crippen LogP contribution in [0.5, 0.6) is 0 Å². The Kier molecular flexibility index (Phi) is 6.11. The highest BCUT2D eigenvalue weighted by Gasteiger charge is 2.40. The quantitative estimate of drug-likeness (QED) is 0.755. The molecule has 3 rings (SSSR count). The third-order valence-corrected chi connectivity index (χ3v) is 6.07. The lowest BCUT2D eigenvalue weighted by atomic mass is 9.79. The maximum absolute atomic E-state index is 12.9. The number of anilines is 1. The number of nitrogens with one attached hydrogen (secondary N) is 2. The summed E-state index contributed by atoms with van der Waals surface area (Å²) in [6.07, 6.45) is 3.62. The number of thioether (sulfide) groups is 1. The van der Waals surface area contributed by atoms with Gasteiger partial charge in [-0.3, -0.25) is 4.79 Å². The first-order chi connectivity index (χ1) is 12.2. The van der Waals surface area contributed by atoms with Crippen LogP contribution in [0.3, 0.4) is 0 Å². The fourth-order valence-electron chi connectivity index (χ4n) is 3.07. The van der Waals surface area contributed by atoms with Gasteiger partial charge in [-0.15, -0.1) is 23.1 Å². The number of thiazole rings is 1. The number of amides is 1. The van der Waals surface area contributed by atoms with Crippen LogP contribution in [0.15, 0.2) is 34.5 Å². The lowest BCUT2D eigenvalue weighted by Crippen LogP contribution is -2.47. The lowest BCUT2D eigenvalue weighted by Gasteiger charge is -2.35. The van der Waals surface area contributed by atoms with Crippen LogP contribution in [0.1, 0.15) is 12.8 Å². The zero-order valence-electron chi connectivity index (χ0n) is 14.5. The predicted molar refractivity (Wildman–Crippen MR) is 104 cm³/mol. The Labute approximate surface area is 156 Å². The van der Waals surface area contributed by atoms with E-state index >= 15 is 0 Å². The lowest BCUT2D eigenvalue weighted by molar-refractivity contribution is -0.130. The van der Waals surface area contributed by atoms with Crippen molar-refractivity contribution in [1.82, 2.24) is 10.3 Å². The van der Waals surface area contributed by atoms with Crippen LogP contribution in [0, 0.1) is 5.41 Å². The second kappa shape index (κ2) is 8.31. The number of hydrogen-bond donors (Lipinski definition) is 2. The molecule has 7 heteroatoms. The van der Waals surface area contributed by atoms with Gasteiger partial charge in [-0.05, 0) is 44.3 Å². The fourth-order valence-corrected chi connectivity index (χ4v) is 4.20. The first-order valence-electron chi connectivity index (χ1n) is 8.28. The number of piperidine rings is 1. The van der Waals surface area contributed by atoms with Crippen LogP contribution < -0.4 is 10.6 Å². The Morgan fingerprint density at radius 3 is 2.72 bits per heavy atom.